The van der Waals surface area contributed by atoms with Gasteiger partial charge in [-0.3, -0.25) is 9.69 Å². The van der Waals surface area contributed by atoms with Gasteiger partial charge in [-0.2, -0.15) is 0 Å². The maximum atomic E-state index is 12.9. The first-order valence-electron chi connectivity index (χ1n) is 12.0. The summed E-state index contributed by atoms with van der Waals surface area (Å²) in [4.78, 5) is 15.2. The van der Waals surface area contributed by atoms with E-state index < -0.39 is 6.10 Å². The molecule has 2 heterocycles. The fourth-order valence-electron chi connectivity index (χ4n) is 4.49. The quantitative estimate of drug-likeness (QED) is 0.543. The molecular weight excluding hydrogens is 444 g/mol. The van der Waals surface area contributed by atoms with Crippen molar-refractivity contribution in [1.29, 1.82) is 0 Å². The second-order valence-corrected chi connectivity index (χ2v) is 9.01. The SMILES string of the molecule is O=C(N[C@@H]1CN(Cc2ccc3c(c2)OCO3)CCC[C@H]1O)c1ccc(OCc2ccccc2)cc1. The van der Waals surface area contributed by atoms with Crippen LogP contribution in [0, 0.1) is 0 Å². The lowest BCUT2D eigenvalue weighted by Crippen LogP contribution is -2.48. The van der Waals surface area contributed by atoms with Crippen molar-refractivity contribution in [2.24, 2.45) is 0 Å². The molecule has 1 saturated heterocycles. The fraction of sp³-hybridized carbons (Fsp3) is 0.321. The van der Waals surface area contributed by atoms with Crippen molar-refractivity contribution >= 4 is 5.91 Å². The van der Waals surface area contributed by atoms with Gasteiger partial charge in [0.1, 0.15) is 12.4 Å². The van der Waals surface area contributed by atoms with E-state index in [0.29, 0.717) is 37.4 Å². The zero-order chi connectivity index (χ0) is 24.0. The van der Waals surface area contributed by atoms with Crippen LogP contribution in [-0.2, 0) is 13.2 Å². The predicted octanol–water partition coefficient (Wildman–Crippen LogP) is 3.75. The predicted molar refractivity (Wildman–Crippen MR) is 132 cm³/mol. The second kappa shape index (κ2) is 10.8. The number of rotatable bonds is 7. The molecule has 2 atom stereocenters. The molecule has 2 aliphatic heterocycles. The highest BCUT2D eigenvalue weighted by molar-refractivity contribution is 5.94. The van der Waals surface area contributed by atoms with E-state index in [2.05, 4.69) is 10.2 Å². The van der Waals surface area contributed by atoms with Crippen molar-refractivity contribution in [3.05, 3.63) is 89.5 Å². The molecule has 3 aromatic carbocycles. The Bertz CT molecular complexity index is 1140. The third-order valence-corrected chi connectivity index (χ3v) is 6.42. The maximum absolute atomic E-state index is 12.9. The Kier molecular flexibility index (Phi) is 7.16. The average Bonchev–Trinajstić information content (AvgIpc) is 3.28. The lowest BCUT2D eigenvalue weighted by atomic mass is 10.1. The van der Waals surface area contributed by atoms with Crippen LogP contribution in [-0.4, -0.2) is 47.9 Å². The molecule has 0 aromatic heterocycles. The number of likely N-dealkylation sites (tertiary alicyclic amines) is 1. The minimum absolute atomic E-state index is 0.200. The highest BCUT2D eigenvalue weighted by Gasteiger charge is 2.27. The van der Waals surface area contributed by atoms with E-state index in [0.717, 1.165) is 35.6 Å². The summed E-state index contributed by atoms with van der Waals surface area (Å²) in [5.74, 6) is 2.03. The van der Waals surface area contributed by atoms with Gasteiger partial charge >= 0.3 is 0 Å². The minimum atomic E-state index is -0.589. The number of fused-ring (bicyclic) bond motifs is 1. The fourth-order valence-corrected chi connectivity index (χ4v) is 4.49. The first kappa shape index (κ1) is 23.2. The Morgan fingerprint density at radius 1 is 1.00 bits per heavy atom. The van der Waals surface area contributed by atoms with Crippen LogP contribution >= 0.6 is 0 Å². The van der Waals surface area contributed by atoms with Gasteiger partial charge in [0.15, 0.2) is 11.5 Å². The molecule has 182 valence electrons. The van der Waals surface area contributed by atoms with Gasteiger partial charge in [-0.25, -0.2) is 0 Å². The van der Waals surface area contributed by atoms with Gasteiger partial charge in [0.05, 0.1) is 12.1 Å². The molecule has 0 bridgehead atoms. The maximum Gasteiger partial charge on any atom is 0.251 e. The van der Waals surface area contributed by atoms with E-state index in [1.54, 1.807) is 24.3 Å². The van der Waals surface area contributed by atoms with Gasteiger partial charge in [-0.15, -0.1) is 0 Å². The number of hydrogen-bond donors (Lipinski definition) is 2. The number of aliphatic hydroxyl groups excluding tert-OH is 1. The van der Waals surface area contributed by atoms with E-state index in [-0.39, 0.29) is 18.7 Å². The molecule has 1 amide bonds. The molecule has 2 N–H and O–H groups in total. The van der Waals surface area contributed by atoms with E-state index >= 15 is 0 Å². The molecule has 7 nitrogen and oxygen atoms in total. The lowest BCUT2D eigenvalue weighted by Gasteiger charge is -2.27. The van der Waals surface area contributed by atoms with Crippen molar-refractivity contribution in [3.8, 4) is 17.2 Å². The molecule has 35 heavy (non-hydrogen) atoms. The van der Waals surface area contributed by atoms with E-state index in [9.17, 15) is 9.90 Å². The van der Waals surface area contributed by atoms with Crippen LogP contribution in [0.15, 0.2) is 72.8 Å². The van der Waals surface area contributed by atoms with Gasteiger partial charge in [-0.05, 0) is 66.9 Å². The first-order valence-corrected chi connectivity index (χ1v) is 12.0. The van der Waals surface area contributed by atoms with Crippen LogP contribution in [0.5, 0.6) is 17.2 Å². The van der Waals surface area contributed by atoms with E-state index in [1.165, 1.54) is 0 Å². The van der Waals surface area contributed by atoms with Gasteiger partial charge in [0.2, 0.25) is 6.79 Å². The summed E-state index contributed by atoms with van der Waals surface area (Å²) in [6.07, 6.45) is 0.926. The van der Waals surface area contributed by atoms with E-state index in [4.69, 9.17) is 14.2 Å². The summed E-state index contributed by atoms with van der Waals surface area (Å²) in [7, 11) is 0. The smallest absolute Gasteiger partial charge is 0.251 e. The average molecular weight is 475 g/mol. The van der Waals surface area contributed by atoms with Crippen LogP contribution in [0.2, 0.25) is 0 Å². The number of carbonyl (C=O) groups excluding carboxylic acids is 1. The highest BCUT2D eigenvalue weighted by atomic mass is 16.7. The summed E-state index contributed by atoms with van der Waals surface area (Å²) in [6, 6.07) is 22.7. The highest BCUT2D eigenvalue weighted by Crippen LogP contribution is 2.33. The number of benzene rings is 3. The van der Waals surface area contributed by atoms with Crippen molar-refractivity contribution in [2.75, 3.05) is 19.9 Å². The molecule has 3 aromatic rings. The van der Waals surface area contributed by atoms with Gasteiger partial charge in [0, 0.05) is 18.7 Å². The van der Waals surface area contributed by atoms with Crippen LogP contribution in [0.25, 0.3) is 0 Å². The number of nitrogens with one attached hydrogen (secondary N) is 1. The van der Waals surface area contributed by atoms with Crippen LogP contribution in [0.1, 0.15) is 34.3 Å². The molecule has 0 aliphatic carbocycles. The Morgan fingerprint density at radius 3 is 2.63 bits per heavy atom. The molecule has 1 fully saturated rings. The zero-order valence-electron chi connectivity index (χ0n) is 19.6. The van der Waals surface area contributed by atoms with E-state index in [1.807, 2.05) is 48.5 Å². The summed E-state index contributed by atoms with van der Waals surface area (Å²) in [5.41, 5.74) is 2.74. The Balaban J connectivity index is 1.18. The van der Waals surface area contributed by atoms with Gasteiger partial charge < -0.3 is 24.6 Å². The number of carbonyl (C=O) groups is 1. The standard InChI is InChI=1S/C28H30N2O5/c31-25-7-4-14-30(16-21-8-13-26-27(15-21)35-19-34-26)17-24(25)29-28(32)22-9-11-23(12-10-22)33-18-20-5-2-1-3-6-20/h1-3,5-6,8-13,15,24-25,31H,4,7,14,16-19H2,(H,29,32)/t24-,25-/m1/s1. The first-order chi connectivity index (χ1) is 17.1. The van der Waals surface area contributed by atoms with Crippen LogP contribution in [0.3, 0.4) is 0 Å². The number of hydrogen-bond acceptors (Lipinski definition) is 6. The summed E-state index contributed by atoms with van der Waals surface area (Å²) in [6.45, 7) is 2.86. The number of amides is 1. The minimum Gasteiger partial charge on any atom is -0.489 e. The number of ether oxygens (including phenoxy) is 3. The molecule has 0 spiro atoms. The molecule has 0 saturated carbocycles. The van der Waals surface area contributed by atoms with Crippen molar-refractivity contribution in [1.82, 2.24) is 10.2 Å². The second-order valence-electron chi connectivity index (χ2n) is 9.01. The molecule has 2 aliphatic rings. The lowest BCUT2D eigenvalue weighted by molar-refractivity contribution is 0.0798. The van der Waals surface area contributed by atoms with Crippen LogP contribution < -0.4 is 19.5 Å². The molecular formula is C28H30N2O5. The van der Waals surface area contributed by atoms with Gasteiger partial charge in [0.25, 0.3) is 5.91 Å². The molecule has 0 unspecified atom stereocenters. The molecule has 7 heteroatoms. The largest absolute Gasteiger partial charge is 0.489 e. The summed E-state index contributed by atoms with van der Waals surface area (Å²) in [5, 5.41) is 13.7. The van der Waals surface area contributed by atoms with Gasteiger partial charge in [-0.1, -0.05) is 36.4 Å². The molecule has 5 rings (SSSR count). The Morgan fingerprint density at radius 2 is 1.80 bits per heavy atom. The Labute approximate surface area is 205 Å². The number of nitrogens with zero attached hydrogens (tertiary/aromatic N) is 1. The third-order valence-electron chi connectivity index (χ3n) is 6.42. The number of aliphatic hydroxyl groups is 1. The van der Waals surface area contributed by atoms with Crippen molar-refractivity contribution in [2.45, 2.75) is 38.1 Å². The zero-order valence-corrected chi connectivity index (χ0v) is 19.6. The monoisotopic (exact) mass is 474 g/mol. The third kappa shape index (κ3) is 5.93. The normalized spacial score (nSPS) is 19.7. The van der Waals surface area contributed by atoms with Crippen molar-refractivity contribution < 1.29 is 24.1 Å². The molecule has 0 radical (unpaired) electrons. The summed E-state index contributed by atoms with van der Waals surface area (Å²) < 4.78 is 16.7. The Hall–Kier alpha value is -3.55. The topological polar surface area (TPSA) is 80.3 Å². The van der Waals surface area contributed by atoms with Crippen molar-refractivity contribution in [3.63, 3.8) is 0 Å². The van der Waals surface area contributed by atoms with Crippen LogP contribution in [0.4, 0.5) is 0 Å². The summed E-state index contributed by atoms with van der Waals surface area (Å²) >= 11 is 0.